The van der Waals surface area contributed by atoms with E-state index in [9.17, 15) is 4.79 Å². The molecule has 0 aromatic carbocycles. The maximum atomic E-state index is 10.4. The van der Waals surface area contributed by atoms with E-state index in [1.165, 1.54) is 0 Å². The van der Waals surface area contributed by atoms with Crippen molar-refractivity contribution >= 4 is 17.3 Å². The van der Waals surface area contributed by atoms with Crippen molar-refractivity contribution in [1.82, 2.24) is 0 Å². The first-order valence-corrected chi connectivity index (χ1v) is 4.50. The lowest BCUT2D eigenvalue weighted by atomic mass is 10.1. The first-order valence-electron chi connectivity index (χ1n) is 3.62. The summed E-state index contributed by atoms with van der Waals surface area (Å²) in [5.41, 5.74) is 0.910. The fraction of sp³-hybridized carbons (Fsp3) is 0.222. The number of allylic oxidation sites excluding steroid dienone is 1. The standard InChI is InChI=1S/C9H10O2S/c1-2-3-8-7(4-5-12-8)6-9(10)11/h2,4-5H,1,3,6H2,(H,10,11). The number of carboxylic acids is 1. The summed E-state index contributed by atoms with van der Waals surface area (Å²) in [5, 5.41) is 10.5. The molecule has 1 rings (SSSR count). The van der Waals surface area contributed by atoms with Crippen LogP contribution in [0.4, 0.5) is 0 Å². The van der Waals surface area contributed by atoms with Crippen molar-refractivity contribution in [3.63, 3.8) is 0 Å². The summed E-state index contributed by atoms with van der Waals surface area (Å²) in [6.07, 6.45) is 2.67. The Balaban J connectivity index is 2.76. The second-order valence-electron chi connectivity index (χ2n) is 2.43. The maximum Gasteiger partial charge on any atom is 0.307 e. The van der Waals surface area contributed by atoms with E-state index in [4.69, 9.17) is 5.11 Å². The van der Waals surface area contributed by atoms with Crippen LogP contribution in [0.25, 0.3) is 0 Å². The molecule has 0 unspecified atom stereocenters. The molecule has 0 aliphatic rings. The van der Waals surface area contributed by atoms with Gasteiger partial charge in [-0.25, -0.2) is 0 Å². The van der Waals surface area contributed by atoms with Gasteiger partial charge in [-0.2, -0.15) is 0 Å². The lowest BCUT2D eigenvalue weighted by molar-refractivity contribution is -0.136. The number of rotatable bonds is 4. The van der Waals surface area contributed by atoms with E-state index in [0.29, 0.717) is 0 Å². The van der Waals surface area contributed by atoms with Gasteiger partial charge in [-0.1, -0.05) is 6.08 Å². The summed E-state index contributed by atoms with van der Waals surface area (Å²) >= 11 is 1.58. The molecule has 12 heavy (non-hydrogen) atoms. The molecule has 0 amide bonds. The lowest BCUT2D eigenvalue weighted by Gasteiger charge is -1.95. The molecule has 0 spiro atoms. The quantitative estimate of drug-likeness (QED) is 0.724. The molecule has 3 heteroatoms. The molecule has 0 radical (unpaired) electrons. The highest BCUT2D eigenvalue weighted by molar-refractivity contribution is 7.10. The Morgan fingerprint density at radius 3 is 3.08 bits per heavy atom. The molecule has 1 N–H and O–H groups in total. The van der Waals surface area contributed by atoms with E-state index in [0.717, 1.165) is 16.9 Å². The minimum atomic E-state index is -0.779. The van der Waals surface area contributed by atoms with Gasteiger partial charge in [-0.05, 0) is 23.4 Å². The fourth-order valence-electron chi connectivity index (χ4n) is 0.998. The second kappa shape index (κ2) is 4.07. The number of aliphatic carboxylic acids is 1. The molecule has 0 atom stereocenters. The van der Waals surface area contributed by atoms with Gasteiger partial charge in [0, 0.05) is 4.88 Å². The van der Waals surface area contributed by atoms with E-state index in [1.807, 2.05) is 11.4 Å². The van der Waals surface area contributed by atoms with Crippen LogP contribution in [0.1, 0.15) is 10.4 Å². The minimum Gasteiger partial charge on any atom is -0.481 e. The Labute approximate surface area is 75.2 Å². The van der Waals surface area contributed by atoms with Gasteiger partial charge in [0.05, 0.1) is 6.42 Å². The molecule has 0 bridgehead atoms. The summed E-state index contributed by atoms with van der Waals surface area (Å²) in [5.74, 6) is -0.779. The smallest absolute Gasteiger partial charge is 0.307 e. The van der Waals surface area contributed by atoms with Crippen molar-refractivity contribution in [3.05, 3.63) is 34.5 Å². The van der Waals surface area contributed by atoms with Crippen molar-refractivity contribution < 1.29 is 9.90 Å². The molecule has 64 valence electrons. The van der Waals surface area contributed by atoms with Gasteiger partial charge in [0.1, 0.15) is 0 Å². The Morgan fingerprint density at radius 2 is 2.50 bits per heavy atom. The van der Waals surface area contributed by atoms with Crippen LogP contribution in [0.2, 0.25) is 0 Å². The maximum absolute atomic E-state index is 10.4. The summed E-state index contributed by atoms with van der Waals surface area (Å²) in [7, 11) is 0. The summed E-state index contributed by atoms with van der Waals surface area (Å²) in [6, 6.07) is 1.86. The molecule has 1 heterocycles. The highest BCUT2D eigenvalue weighted by atomic mass is 32.1. The fourth-order valence-corrected chi connectivity index (χ4v) is 1.90. The monoisotopic (exact) mass is 182 g/mol. The molecular weight excluding hydrogens is 172 g/mol. The van der Waals surface area contributed by atoms with Gasteiger partial charge < -0.3 is 5.11 Å². The lowest BCUT2D eigenvalue weighted by Crippen LogP contribution is -2.00. The molecular formula is C9H10O2S. The SMILES string of the molecule is C=CCc1sccc1CC(=O)O. The van der Waals surface area contributed by atoms with Gasteiger partial charge in [0.25, 0.3) is 0 Å². The Kier molecular flexibility index (Phi) is 3.05. The van der Waals surface area contributed by atoms with E-state index in [2.05, 4.69) is 6.58 Å². The summed E-state index contributed by atoms with van der Waals surface area (Å²) in [6.45, 7) is 3.62. The third-order valence-electron chi connectivity index (χ3n) is 1.51. The van der Waals surface area contributed by atoms with Crippen molar-refractivity contribution in [1.29, 1.82) is 0 Å². The van der Waals surface area contributed by atoms with Crippen LogP contribution < -0.4 is 0 Å². The van der Waals surface area contributed by atoms with Gasteiger partial charge in [0.2, 0.25) is 0 Å². The van der Waals surface area contributed by atoms with Crippen LogP contribution in [-0.4, -0.2) is 11.1 Å². The van der Waals surface area contributed by atoms with Crippen molar-refractivity contribution in [2.75, 3.05) is 0 Å². The van der Waals surface area contributed by atoms with Gasteiger partial charge in [-0.15, -0.1) is 17.9 Å². The molecule has 1 aromatic heterocycles. The average molecular weight is 182 g/mol. The number of hydrogen-bond donors (Lipinski definition) is 1. The topological polar surface area (TPSA) is 37.3 Å². The first-order chi connectivity index (χ1) is 5.74. The normalized spacial score (nSPS) is 9.67. The third-order valence-corrected chi connectivity index (χ3v) is 2.49. The molecule has 0 fully saturated rings. The van der Waals surface area contributed by atoms with Crippen LogP contribution in [0.5, 0.6) is 0 Å². The van der Waals surface area contributed by atoms with Gasteiger partial charge in [-0.3, -0.25) is 4.79 Å². The van der Waals surface area contributed by atoms with E-state index >= 15 is 0 Å². The van der Waals surface area contributed by atoms with Crippen molar-refractivity contribution in [3.8, 4) is 0 Å². The Morgan fingerprint density at radius 1 is 1.75 bits per heavy atom. The van der Waals surface area contributed by atoms with Crippen LogP contribution in [-0.2, 0) is 17.6 Å². The van der Waals surface area contributed by atoms with E-state index < -0.39 is 5.97 Å². The van der Waals surface area contributed by atoms with Crippen LogP contribution in [0.15, 0.2) is 24.1 Å². The van der Waals surface area contributed by atoms with Crippen LogP contribution in [0.3, 0.4) is 0 Å². The summed E-state index contributed by atoms with van der Waals surface area (Å²) < 4.78 is 0. The number of hydrogen-bond acceptors (Lipinski definition) is 2. The zero-order chi connectivity index (χ0) is 8.97. The second-order valence-corrected chi connectivity index (χ2v) is 3.43. The molecule has 0 aliphatic heterocycles. The zero-order valence-corrected chi connectivity index (χ0v) is 7.43. The first kappa shape index (κ1) is 9.00. The highest BCUT2D eigenvalue weighted by Crippen LogP contribution is 2.18. The third kappa shape index (κ3) is 2.20. The minimum absolute atomic E-state index is 0.118. The number of thiophene rings is 1. The Bertz CT molecular complexity index is 288. The molecule has 2 nitrogen and oxygen atoms in total. The van der Waals surface area contributed by atoms with E-state index in [1.54, 1.807) is 17.4 Å². The predicted octanol–water partition coefficient (Wildman–Crippen LogP) is 2.10. The molecule has 0 saturated carbocycles. The van der Waals surface area contributed by atoms with Crippen molar-refractivity contribution in [2.24, 2.45) is 0 Å². The van der Waals surface area contributed by atoms with Crippen LogP contribution >= 0.6 is 11.3 Å². The van der Waals surface area contributed by atoms with Gasteiger partial charge in [0.15, 0.2) is 0 Å². The number of carbonyl (C=O) groups is 1. The molecule has 1 aromatic rings. The van der Waals surface area contributed by atoms with Gasteiger partial charge >= 0.3 is 5.97 Å². The largest absolute Gasteiger partial charge is 0.481 e. The Hall–Kier alpha value is -1.09. The molecule has 0 saturated heterocycles. The zero-order valence-electron chi connectivity index (χ0n) is 6.62. The number of carboxylic acid groups (broad SMARTS) is 1. The molecule has 0 aliphatic carbocycles. The average Bonchev–Trinajstić information content (AvgIpc) is 2.37. The highest BCUT2D eigenvalue weighted by Gasteiger charge is 2.06. The summed E-state index contributed by atoms with van der Waals surface area (Å²) in [4.78, 5) is 11.5. The predicted molar refractivity (Wildman–Crippen MR) is 49.6 cm³/mol. The van der Waals surface area contributed by atoms with Crippen molar-refractivity contribution in [2.45, 2.75) is 12.8 Å². The van der Waals surface area contributed by atoms with Crippen LogP contribution in [0, 0.1) is 0 Å². The van der Waals surface area contributed by atoms with E-state index in [-0.39, 0.29) is 6.42 Å².